The molecule has 0 radical (unpaired) electrons. The molecule has 2 saturated heterocycles. The van der Waals surface area contributed by atoms with Gasteiger partial charge >= 0.3 is 18.4 Å². The van der Waals surface area contributed by atoms with E-state index in [0.29, 0.717) is 32.4 Å². The van der Waals surface area contributed by atoms with E-state index in [1.54, 1.807) is 0 Å². The molecule has 1 saturated carbocycles. The molecule has 0 aromatic carbocycles. The number of hydrogen-bond donors (Lipinski definition) is 2. The molecule has 2 amide bonds. The Bertz CT molecular complexity index is 1680. The fraction of sp³-hybridized carbons (Fsp3) is 0.655. The zero-order chi connectivity index (χ0) is 35.8. The Morgan fingerprint density at radius 3 is 2.50 bits per heavy atom. The first-order chi connectivity index (χ1) is 23.6. The van der Waals surface area contributed by atoms with Crippen molar-refractivity contribution >= 4 is 23.6 Å². The van der Waals surface area contributed by atoms with Gasteiger partial charge in [0.25, 0.3) is 5.78 Å². The highest BCUT2D eigenvalue weighted by atomic mass is 19.4. The van der Waals surface area contributed by atoms with Gasteiger partial charge in [-0.25, -0.2) is 23.1 Å². The lowest BCUT2D eigenvalue weighted by Crippen LogP contribution is -2.47. The molecule has 0 spiro atoms. The third-order valence-electron chi connectivity index (χ3n) is 9.07. The van der Waals surface area contributed by atoms with Crippen molar-refractivity contribution in [3.63, 3.8) is 0 Å². The predicted octanol–water partition coefficient (Wildman–Crippen LogP) is 4.62. The summed E-state index contributed by atoms with van der Waals surface area (Å²) >= 11 is 0. The van der Waals surface area contributed by atoms with Crippen LogP contribution in [0.5, 0.6) is 0 Å². The van der Waals surface area contributed by atoms with Gasteiger partial charge in [-0.1, -0.05) is 5.16 Å². The summed E-state index contributed by atoms with van der Waals surface area (Å²) in [5, 5.41) is 12.7. The summed E-state index contributed by atoms with van der Waals surface area (Å²) in [6, 6.07) is -0.464. The van der Waals surface area contributed by atoms with Crippen LogP contribution in [0.3, 0.4) is 0 Å². The lowest BCUT2D eigenvalue weighted by atomic mass is 9.81. The van der Waals surface area contributed by atoms with Crippen molar-refractivity contribution in [1.29, 1.82) is 0 Å². The lowest BCUT2D eigenvalue weighted by Gasteiger charge is -2.33. The normalized spacial score (nSPS) is 22.7. The number of aromatic nitrogens is 5. The van der Waals surface area contributed by atoms with Crippen LogP contribution >= 0.6 is 0 Å². The van der Waals surface area contributed by atoms with E-state index in [9.17, 15) is 44.7 Å². The second-order valence-corrected chi connectivity index (χ2v) is 12.6. The number of carbonyl (C=O) groups excluding carboxylic acids is 2. The van der Waals surface area contributed by atoms with E-state index in [1.807, 2.05) is 4.90 Å². The van der Waals surface area contributed by atoms with Crippen LogP contribution < -0.4 is 15.5 Å². The fourth-order valence-electron chi connectivity index (χ4n) is 6.38. The van der Waals surface area contributed by atoms with Crippen LogP contribution in [0.4, 0.5) is 45.7 Å². The van der Waals surface area contributed by atoms with E-state index >= 15 is 0 Å². The summed E-state index contributed by atoms with van der Waals surface area (Å²) in [5.41, 5.74) is 0.0489. The Kier molecular flexibility index (Phi) is 9.79. The van der Waals surface area contributed by atoms with Crippen LogP contribution in [0.25, 0.3) is 5.78 Å². The van der Waals surface area contributed by atoms with Gasteiger partial charge in [-0.05, 0) is 25.2 Å². The smallest absolute Gasteiger partial charge is 0.443 e. The molecule has 50 heavy (non-hydrogen) atoms. The lowest BCUT2D eigenvalue weighted by molar-refractivity contribution is -0.183. The maximum absolute atomic E-state index is 14.1. The number of alkyl halides is 8. The third-order valence-corrected chi connectivity index (χ3v) is 9.07. The molecule has 6 rings (SSSR count). The Balaban J connectivity index is 1.28. The first-order valence-electron chi connectivity index (χ1n) is 15.8. The highest BCUT2D eigenvalue weighted by molar-refractivity contribution is 5.80. The first kappa shape index (κ1) is 35.5. The van der Waals surface area contributed by atoms with E-state index < -0.39 is 92.2 Å². The zero-order valence-electron chi connectivity index (χ0n) is 26.2. The van der Waals surface area contributed by atoms with Crippen LogP contribution in [0.1, 0.15) is 61.0 Å². The number of imidazole rings is 1. The fourth-order valence-corrected chi connectivity index (χ4v) is 6.38. The van der Waals surface area contributed by atoms with Crippen LogP contribution in [-0.4, -0.2) is 81.7 Å². The quantitative estimate of drug-likeness (QED) is 0.316. The van der Waals surface area contributed by atoms with Gasteiger partial charge < -0.3 is 29.5 Å². The van der Waals surface area contributed by atoms with Gasteiger partial charge in [-0.2, -0.15) is 36.4 Å². The van der Waals surface area contributed by atoms with Crippen molar-refractivity contribution in [1.82, 2.24) is 35.4 Å². The number of amides is 2. The summed E-state index contributed by atoms with van der Waals surface area (Å²) in [7, 11) is 0. The summed E-state index contributed by atoms with van der Waals surface area (Å²) in [6.07, 6.45) is -10.6. The Morgan fingerprint density at radius 1 is 1.12 bits per heavy atom. The molecule has 274 valence electrons. The summed E-state index contributed by atoms with van der Waals surface area (Å²) in [6.45, 7) is 0.190. The molecular formula is C29H32F8N8O5. The number of alkyl carbamates (subject to hydrolysis) is 1. The van der Waals surface area contributed by atoms with E-state index in [-0.39, 0.29) is 47.9 Å². The van der Waals surface area contributed by atoms with Crippen LogP contribution in [0.2, 0.25) is 0 Å². The average molecular weight is 725 g/mol. The minimum atomic E-state index is -4.80. The maximum Gasteiger partial charge on any atom is 0.452 e. The number of ether oxygens (including phenoxy) is 2. The average Bonchev–Trinajstić information content (AvgIpc) is 3.71. The highest BCUT2D eigenvalue weighted by Crippen LogP contribution is 2.42. The van der Waals surface area contributed by atoms with Gasteiger partial charge in [0.2, 0.25) is 17.6 Å². The number of rotatable bonds is 8. The predicted molar refractivity (Wildman–Crippen MR) is 153 cm³/mol. The number of halogens is 8. The molecule has 3 fully saturated rings. The minimum Gasteiger partial charge on any atom is -0.443 e. The molecule has 1 aliphatic carbocycles. The minimum absolute atomic E-state index is 0.0215. The van der Waals surface area contributed by atoms with Gasteiger partial charge in [-0.3, -0.25) is 4.79 Å². The number of nitrogens with zero attached hydrogens (tertiary/aromatic N) is 6. The number of carbonyl (C=O) groups is 2. The van der Waals surface area contributed by atoms with Gasteiger partial charge in [0, 0.05) is 50.9 Å². The maximum atomic E-state index is 14.1. The van der Waals surface area contributed by atoms with Crippen molar-refractivity contribution in [3.8, 4) is 0 Å². The number of anilines is 1. The molecule has 2 N–H and O–H groups in total. The molecule has 0 bridgehead atoms. The van der Waals surface area contributed by atoms with Crippen LogP contribution in [-0.2, 0) is 33.5 Å². The molecule has 3 aromatic heterocycles. The van der Waals surface area contributed by atoms with Gasteiger partial charge in [0.1, 0.15) is 18.0 Å². The zero-order valence-corrected chi connectivity index (χ0v) is 26.2. The van der Waals surface area contributed by atoms with Crippen LogP contribution in [0, 0.1) is 17.8 Å². The third kappa shape index (κ3) is 8.18. The molecule has 5 heterocycles. The molecule has 0 unspecified atom stereocenters. The molecule has 21 heteroatoms. The van der Waals surface area contributed by atoms with Crippen molar-refractivity contribution in [2.24, 2.45) is 17.8 Å². The Labute approximate surface area is 278 Å². The Morgan fingerprint density at radius 2 is 1.84 bits per heavy atom. The number of nitrogens with one attached hydrogen (secondary N) is 2. The van der Waals surface area contributed by atoms with Crippen molar-refractivity contribution in [2.75, 3.05) is 37.7 Å². The number of morpholine rings is 1. The standard InChI is InChI=1S/C29H32F8N8O5/c30-27(31)3-1-15(2-4-27)22(40-26(47)49-14-18-11-21(50-43-18)29(35,36)37)20-13-45-25(39-20)41-23(44-5-7-48-8-6-44)19(42-45)10-16-9-17(28(32,33)34)12-38-24(16)46/h11,13,15-17,22H,1-10,12,14H2,(H,38,46)(H,40,47)/t16-,17-,22+/m1/s1. The Hall–Kier alpha value is -4.30. The van der Waals surface area contributed by atoms with E-state index in [4.69, 9.17) is 9.47 Å². The summed E-state index contributed by atoms with van der Waals surface area (Å²) < 4.78 is 123. The molecule has 13 nitrogen and oxygen atoms in total. The van der Waals surface area contributed by atoms with Gasteiger partial charge in [0.05, 0.1) is 37.1 Å². The summed E-state index contributed by atoms with van der Waals surface area (Å²) in [5.74, 6) is -7.91. The highest BCUT2D eigenvalue weighted by Gasteiger charge is 2.45. The van der Waals surface area contributed by atoms with Crippen molar-refractivity contribution in [2.45, 2.75) is 69.4 Å². The van der Waals surface area contributed by atoms with Crippen molar-refractivity contribution in [3.05, 3.63) is 35.1 Å². The number of hydrogen-bond acceptors (Lipinski definition) is 10. The number of fused-ring (bicyclic) bond motifs is 1. The SMILES string of the molecule is O=C(N[C@H](c1cn2nc(C[C@H]3C[C@@H](C(F)(F)F)CNC3=O)c(N3CCOCC3)nc2n1)C1CCC(F)(F)CC1)OCc1cc(C(F)(F)F)on1. The molecule has 3 aliphatic rings. The largest absolute Gasteiger partial charge is 0.452 e. The topological polar surface area (TPSA) is 149 Å². The van der Waals surface area contributed by atoms with E-state index in [2.05, 4.69) is 35.4 Å². The monoisotopic (exact) mass is 724 g/mol. The van der Waals surface area contributed by atoms with E-state index in [0.717, 1.165) is 0 Å². The van der Waals surface area contributed by atoms with Crippen molar-refractivity contribution < 1.29 is 58.7 Å². The number of piperidine rings is 1. The molecule has 3 aromatic rings. The first-order valence-corrected chi connectivity index (χ1v) is 15.8. The van der Waals surface area contributed by atoms with E-state index in [1.165, 1.54) is 10.7 Å². The van der Waals surface area contributed by atoms with Gasteiger partial charge in [-0.15, -0.1) is 0 Å². The van der Waals surface area contributed by atoms with Crippen LogP contribution in [0.15, 0.2) is 16.8 Å². The second-order valence-electron chi connectivity index (χ2n) is 12.6. The second kappa shape index (κ2) is 13.8. The molecule has 3 atom stereocenters. The summed E-state index contributed by atoms with van der Waals surface area (Å²) in [4.78, 5) is 36.5. The van der Waals surface area contributed by atoms with Gasteiger partial charge in [0.15, 0.2) is 5.82 Å². The molecular weight excluding hydrogens is 692 g/mol. The molecule has 2 aliphatic heterocycles.